The average molecular weight is 347 g/mol. The van der Waals surface area contributed by atoms with E-state index in [1.165, 1.54) is 9.87 Å². The van der Waals surface area contributed by atoms with E-state index < -0.39 is 10.0 Å². The summed E-state index contributed by atoms with van der Waals surface area (Å²) in [5, 5.41) is 0. The number of morpholine rings is 1. The van der Waals surface area contributed by atoms with Crippen molar-refractivity contribution < 1.29 is 17.7 Å². The summed E-state index contributed by atoms with van der Waals surface area (Å²) in [7, 11) is -3.44. The molecule has 2 heterocycles. The Morgan fingerprint density at radius 2 is 1.79 bits per heavy atom. The minimum atomic E-state index is -3.44. The number of rotatable bonds is 5. The second-order valence-corrected chi connectivity index (χ2v) is 7.83. The second-order valence-electron chi connectivity index (χ2n) is 5.90. The normalized spacial score (nSPS) is 16.2. The Kier molecular flexibility index (Phi) is 5.28. The maximum atomic E-state index is 12.7. The van der Waals surface area contributed by atoms with Gasteiger partial charge in [0.2, 0.25) is 10.0 Å². The van der Waals surface area contributed by atoms with Gasteiger partial charge in [-0.25, -0.2) is 13.0 Å². The van der Waals surface area contributed by atoms with Crippen molar-refractivity contribution in [3.63, 3.8) is 0 Å². The van der Waals surface area contributed by atoms with Crippen molar-refractivity contribution >= 4 is 10.0 Å². The number of aromatic nitrogens is 1. The molecule has 1 aromatic heterocycles. The highest BCUT2D eigenvalue weighted by atomic mass is 32.2. The number of benzene rings is 1. The van der Waals surface area contributed by atoms with Gasteiger partial charge in [0, 0.05) is 30.8 Å². The molecule has 0 spiro atoms. The van der Waals surface area contributed by atoms with Crippen LogP contribution in [0, 0.1) is 0 Å². The highest BCUT2D eigenvalue weighted by molar-refractivity contribution is 7.89. The number of pyridine rings is 1. The van der Waals surface area contributed by atoms with E-state index in [-0.39, 0.29) is 0 Å². The van der Waals surface area contributed by atoms with Crippen LogP contribution in [0.5, 0.6) is 0 Å². The Bertz CT molecular complexity index is 782. The van der Waals surface area contributed by atoms with Gasteiger partial charge >= 0.3 is 0 Å². The van der Waals surface area contributed by atoms with Crippen LogP contribution >= 0.6 is 0 Å². The Balaban J connectivity index is 1.80. The molecule has 0 aliphatic carbocycles. The quantitative estimate of drug-likeness (QED) is 0.772. The minimum Gasteiger partial charge on any atom is -0.379 e. The zero-order chi connectivity index (χ0) is 17.0. The first-order valence-corrected chi connectivity index (χ1v) is 9.68. The average Bonchev–Trinajstić information content (AvgIpc) is 2.63. The van der Waals surface area contributed by atoms with Crippen molar-refractivity contribution in [2.75, 3.05) is 26.3 Å². The molecular weight excluding hydrogens is 324 g/mol. The molecular formula is C18H23N2O3S+. The van der Waals surface area contributed by atoms with Gasteiger partial charge < -0.3 is 4.74 Å². The van der Waals surface area contributed by atoms with E-state index in [0.717, 1.165) is 12.0 Å². The van der Waals surface area contributed by atoms with Gasteiger partial charge in [-0.15, -0.1) is 0 Å². The van der Waals surface area contributed by atoms with Gasteiger partial charge in [0.25, 0.3) is 0 Å². The molecule has 5 nitrogen and oxygen atoms in total. The summed E-state index contributed by atoms with van der Waals surface area (Å²) in [5.74, 6) is 0. The lowest BCUT2D eigenvalue weighted by Crippen LogP contribution is -2.40. The number of nitrogens with zero attached hydrogens (tertiary/aromatic N) is 2. The van der Waals surface area contributed by atoms with Crippen LogP contribution in [0.1, 0.15) is 18.1 Å². The predicted molar refractivity (Wildman–Crippen MR) is 91.1 cm³/mol. The molecule has 0 bridgehead atoms. The van der Waals surface area contributed by atoms with Gasteiger partial charge in [0.05, 0.1) is 18.1 Å². The van der Waals surface area contributed by atoms with Gasteiger partial charge in [-0.1, -0.05) is 19.1 Å². The van der Waals surface area contributed by atoms with Crippen molar-refractivity contribution in [3.8, 4) is 0 Å². The largest absolute Gasteiger partial charge is 0.379 e. The van der Waals surface area contributed by atoms with E-state index in [9.17, 15) is 8.42 Å². The standard InChI is InChI=1S/C18H23N2O3S/c1-2-16-6-8-19(9-7-16)15-17-4-3-5-18(14-17)24(21,22)20-10-12-23-13-11-20/h3-9,14H,2,10-13,15H2,1H3/q+1. The van der Waals surface area contributed by atoms with E-state index in [4.69, 9.17) is 4.74 Å². The fourth-order valence-corrected chi connectivity index (χ4v) is 4.26. The molecule has 1 aromatic carbocycles. The number of hydrogen-bond donors (Lipinski definition) is 0. The van der Waals surface area contributed by atoms with Gasteiger partial charge in [-0.05, 0) is 24.1 Å². The van der Waals surface area contributed by atoms with Gasteiger partial charge in [-0.3, -0.25) is 0 Å². The predicted octanol–water partition coefficient (Wildman–Crippen LogP) is 1.61. The molecule has 0 atom stereocenters. The van der Waals surface area contributed by atoms with Gasteiger partial charge in [-0.2, -0.15) is 4.31 Å². The third kappa shape index (κ3) is 3.83. The van der Waals surface area contributed by atoms with Crippen molar-refractivity contribution in [2.45, 2.75) is 24.8 Å². The highest BCUT2D eigenvalue weighted by Crippen LogP contribution is 2.18. The molecule has 128 valence electrons. The molecule has 0 unspecified atom stereocenters. The zero-order valence-corrected chi connectivity index (χ0v) is 14.7. The molecule has 3 rings (SSSR count). The first kappa shape index (κ1) is 17.1. The number of ether oxygens (including phenoxy) is 1. The summed E-state index contributed by atoms with van der Waals surface area (Å²) in [4.78, 5) is 0.354. The van der Waals surface area contributed by atoms with Crippen LogP contribution < -0.4 is 4.57 Å². The van der Waals surface area contributed by atoms with E-state index in [0.29, 0.717) is 37.7 Å². The summed E-state index contributed by atoms with van der Waals surface area (Å²) in [6.45, 7) is 4.52. The summed E-state index contributed by atoms with van der Waals surface area (Å²) in [6.07, 6.45) is 5.07. The molecule has 1 aliphatic rings. The van der Waals surface area contributed by atoms with Crippen molar-refractivity contribution in [2.24, 2.45) is 0 Å². The van der Waals surface area contributed by atoms with Crippen molar-refractivity contribution in [1.82, 2.24) is 4.31 Å². The molecule has 6 heteroatoms. The lowest BCUT2D eigenvalue weighted by molar-refractivity contribution is -0.688. The lowest BCUT2D eigenvalue weighted by atomic mass is 10.2. The first-order chi connectivity index (χ1) is 11.6. The van der Waals surface area contributed by atoms with Crippen LogP contribution in [-0.2, 0) is 27.7 Å². The molecule has 1 aliphatic heterocycles. The van der Waals surface area contributed by atoms with Crippen molar-refractivity contribution in [3.05, 3.63) is 59.9 Å². The first-order valence-electron chi connectivity index (χ1n) is 8.24. The second kappa shape index (κ2) is 7.42. The number of aryl methyl sites for hydroxylation is 1. The maximum Gasteiger partial charge on any atom is 0.243 e. The fraction of sp³-hybridized carbons (Fsp3) is 0.389. The SMILES string of the molecule is CCc1cc[n+](Cc2cccc(S(=O)(=O)N3CCOCC3)c2)cc1. The van der Waals surface area contributed by atoms with Crippen molar-refractivity contribution in [1.29, 1.82) is 0 Å². The zero-order valence-electron chi connectivity index (χ0n) is 13.9. The molecule has 0 saturated carbocycles. The Hall–Kier alpha value is -1.76. The van der Waals surface area contributed by atoms with Crippen LogP contribution in [0.2, 0.25) is 0 Å². The van der Waals surface area contributed by atoms with E-state index in [2.05, 4.69) is 23.6 Å². The third-order valence-corrected chi connectivity index (χ3v) is 6.13. The van der Waals surface area contributed by atoms with Crippen LogP contribution in [0.3, 0.4) is 0 Å². The number of hydrogen-bond acceptors (Lipinski definition) is 3. The Morgan fingerprint density at radius 1 is 1.08 bits per heavy atom. The summed E-state index contributed by atoms with van der Waals surface area (Å²) in [6, 6.07) is 11.4. The Labute approximate surface area is 143 Å². The molecule has 24 heavy (non-hydrogen) atoms. The van der Waals surface area contributed by atoms with E-state index >= 15 is 0 Å². The summed E-state index contributed by atoms with van der Waals surface area (Å²) in [5.41, 5.74) is 2.26. The van der Waals surface area contributed by atoms with E-state index in [1.807, 2.05) is 24.5 Å². The van der Waals surface area contributed by atoms with Gasteiger partial charge in [0.1, 0.15) is 0 Å². The molecule has 1 fully saturated rings. The molecule has 1 saturated heterocycles. The topological polar surface area (TPSA) is 50.5 Å². The van der Waals surface area contributed by atoms with Crippen LogP contribution in [0.25, 0.3) is 0 Å². The monoisotopic (exact) mass is 347 g/mol. The maximum absolute atomic E-state index is 12.7. The van der Waals surface area contributed by atoms with E-state index in [1.54, 1.807) is 12.1 Å². The molecule has 0 radical (unpaired) electrons. The number of sulfonamides is 1. The third-order valence-electron chi connectivity index (χ3n) is 4.24. The highest BCUT2D eigenvalue weighted by Gasteiger charge is 2.26. The van der Waals surface area contributed by atoms with Crippen LogP contribution in [0.4, 0.5) is 0 Å². The Morgan fingerprint density at radius 3 is 2.46 bits per heavy atom. The minimum absolute atomic E-state index is 0.354. The smallest absolute Gasteiger partial charge is 0.243 e. The summed E-state index contributed by atoms with van der Waals surface area (Å²) >= 11 is 0. The molecule has 0 amide bonds. The fourth-order valence-electron chi connectivity index (χ4n) is 2.78. The van der Waals surface area contributed by atoms with Crippen LogP contribution in [0.15, 0.2) is 53.7 Å². The molecule has 0 N–H and O–H groups in total. The lowest BCUT2D eigenvalue weighted by Gasteiger charge is -2.26. The van der Waals surface area contributed by atoms with Gasteiger partial charge in [0.15, 0.2) is 18.9 Å². The molecule has 2 aromatic rings. The van der Waals surface area contributed by atoms with Crippen LogP contribution in [-0.4, -0.2) is 39.0 Å². The summed E-state index contributed by atoms with van der Waals surface area (Å²) < 4.78 is 34.3.